The first-order chi connectivity index (χ1) is 23.1. The molecule has 0 radical (unpaired) electrons. The van der Waals surface area contributed by atoms with Crippen molar-refractivity contribution in [1.29, 1.82) is 0 Å². The molecule has 2 bridgehead atoms. The number of amides is 2. The highest BCUT2D eigenvalue weighted by Crippen LogP contribution is 2.41. The Kier molecular flexibility index (Phi) is 20.1. The third-order valence-corrected chi connectivity index (χ3v) is 10.2. The SMILES string of the molecule is C=C.C=S1CCN(C(C)=O)CCC(O)C(C)C(CC)CN2CC3(\C=C(C)/C=C\C=C\CCC3)COc3ccc(cc32)C(=O)N1.CC.CC. The average molecular weight is 684 g/mol. The number of nitrogens with one attached hydrogen (secondary N) is 1. The van der Waals surface area contributed by atoms with Crippen LogP contribution in [0.3, 0.4) is 0 Å². The van der Waals surface area contributed by atoms with Gasteiger partial charge in [0.25, 0.3) is 5.91 Å². The lowest BCUT2D eigenvalue weighted by Gasteiger charge is -2.38. The van der Waals surface area contributed by atoms with E-state index in [1.54, 1.807) is 11.8 Å². The van der Waals surface area contributed by atoms with Gasteiger partial charge in [0.05, 0.1) is 18.4 Å². The number of aliphatic hydroxyl groups excluding tert-OH is 1. The average Bonchev–Trinajstić information content (AvgIpc) is 3.24. The molecular weight excluding hydrogens is 619 g/mol. The molecule has 2 aliphatic heterocycles. The summed E-state index contributed by atoms with van der Waals surface area (Å²) in [4.78, 5) is 29.9. The number of hydrogen-bond acceptors (Lipinski definition) is 5. The molecule has 5 atom stereocenters. The van der Waals surface area contributed by atoms with Crippen LogP contribution in [0.15, 0.2) is 67.3 Å². The lowest BCUT2D eigenvalue weighted by molar-refractivity contribution is -0.129. The lowest BCUT2D eigenvalue weighted by atomic mass is 9.80. The van der Waals surface area contributed by atoms with E-state index in [0.29, 0.717) is 37.4 Å². The molecule has 0 fully saturated rings. The highest BCUT2D eigenvalue weighted by molar-refractivity contribution is 8.12. The third kappa shape index (κ3) is 12.7. The zero-order chi connectivity index (χ0) is 36.3. The second kappa shape index (κ2) is 22.5. The Labute approximate surface area is 295 Å². The number of allylic oxidation sites excluding steroid dienone is 5. The van der Waals surface area contributed by atoms with Crippen molar-refractivity contribution in [3.63, 3.8) is 0 Å². The minimum absolute atomic E-state index is 0.0270. The van der Waals surface area contributed by atoms with Crippen LogP contribution in [0.25, 0.3) is 0 Å². The Morgan fingerprint density at radius 2 is 1.88 bits per heavy atom. The van der Waals surface area contributed by atoms with E-state index in [4.69, 9.17) is 4.74 Å². The zero-order valence-corrected chi connectivity index (χ0v) is 32.0. The van der Waals surface area contributed by atoms with E-state index < -0.39 is 16.8 Å². The second-order valence-electron chi connectivity index (χ2n) is 12.3. The van der Waals surface area contributed by atoms with Crippen molar-refractivity contribution >= 4 is 34.0 Å². The lowest BCUT2D eigenvalue weighted by Crippen LogP contribution is -2.43. The van der Waals surface area contributed by atoms with Crippen molar-refractivity contribution in [3.05, 3.63) is 72.9 Å². The van der Waals surface area contributed by atoms with E-state index in [9.17, 15) is 14.7 Å². The Morgan fingerprint density at radius 3 is 2.54 bits per heavy atom. The van der Waals surface area contributed by atoms with E-state index in [0.717, 1.165) is 50.2 Å². The first kappa shape index (κ1) is 42.9. The summed E-state index contributed by atoms with van der Waals surface area (Å²) in [6.07, 6.45) is 14.9. The van der Waals surface area contributed by atoms with Crippen LogP contribution in [0.4, 0.5) is 5.69 Å². The Balaban J connectivity index is 0.00000182. The molecule has 0 saturated heterocycles. The van der Waals surface area contributed by atoms with Crippen molar-refractivity contribution in [2.45, 2.75) is 93.6 Å². The third-order valence-electron chi connectivity index (χ3n) is 9.08. The number of carbonyl (C=O) groups is 2. The summed E-state index contributed by atoms with van der Waals surface area (Å²) in [5.74, 6) is 5.55. The van der Waals surface area contributed by atoms with Gasteiger partial charge < -0.3 is 24.4 Å². The molecule has 1 aromatic rings. The first-order valence-corrected chi connectivity index (χ1v) is 19.5. The number of rotatable bonds is 1. The van der Waals surface area contributed by atoms with E-state index in [1.807, 2.05) is 45.9 Å². The molecule has 2 amide bonds. The summed E-state index contributed by atoms with van der Waals surface area (Å²) >= 11 is 0. The summed E-state index contributed by atoms with van der Waals surface area (Å²) in [6.45, 7) is 25.1. The molecule has 2 heterocycles. The van der Waals surface area contributed by atoms with Crippen LogP contribution in [0, 0.1) is 17.3 Å². The molecule has 0 aromatic heterocycles. The topological polar surface area (TPSA) is 82.1 Å². The van der Waals surface area contributed by atoms with Gasteiger partial charge in [-0.05, 0) is 62.6 Å². The van der Waals surface area contributed by atoms with Crippen LogP contribution < -0.4 is 14.4 Å². The summed E-state index contributed by atoms with van der Waals surface area (Å²) in [7, 11) is -0.658. The molecule has 3 aliphatic rings. The zero-order valence-electron chi connectivity index (χ0n) is 31.2. The molecule has 1 aromatic carbocycles. The van der Waals surface area contributed by atoms with E-state index in [2.05, 4.69) is 79.8 Å². The van der Waals surface area contributed by atoms with Gasteiger partial charge in [-0.1, -0.05) is 100 Å². The summed E-state index contributed by atoms with van der Waals surface area (Å²) in [6, 6.07) is 5.72. The number of anilines is 1. The molecule has 1 spiro atoms. The van der Waals surface area contributed by atoms with Crippen molar-refractivity contribution in [3.8, 4) is 5.75 Å². The molecule has 0 saturated carbocycles. The van der Waals surface area contributed by atoms with Crippen LogP contribution in [0.1, 0.15) is 97.9 Å². The molecule has 8 heteroatoms. The molecule has 1 aliphatic carbocycles. The van der Waals surface area contributed by atoms with E-state index in [-0.39, 0.29) is 29.1 Å². The van der Waals surface area contributed by atoms with Crippen molar-refractivity contribution in [2.24, 2.45) is 17.3 Å². The predicted octanol–water partition coefficient (Wildman–Crippen LogP) is 8.59. The quantitative estimate of drug-likeness (QED) is 0.229. The fourth-order valence-corrected chi connectivity index (χ4v) is 7.35. The normalized spacial score (nSPS) is 28.8. The maximum absolute atomic E-state index is 13.4. The van der Waals surface area contributed by atoms with Gasteiger partial charge in [0.1, 0.15) is 5.75 Å². The van der Waals surface area contributed by atoms with Crippen molar-refractivity contribution < 1.29 is 19.4 Å². The van der Waals surface area contributed by atoms with E-state index in [1.165, 1.54) is 5.57 Å². The minimum Gasteiger partial charge on any atom is -0.490 e. The Hall–Kier alpha value is -3.10. The number of fused-ring (bicyclic) bond motifs is 1. The summed E-state index contributed by atoms with van der Waals surface area (Å²) < 4.78 is 9.62. The standard InChI is InChI=1S/C34H49N3O4S.2C2H6.C2H4/c1-6-28-22-37-23-34(16-11-9-7-8-10-12-25(2)21-34)24-41-32-14-13-29(20-30(32)37)33(40)35-42(5)19-18-36(27(4)38)17-15-31(39)26(28)3;3*1-2/h7-8,10,12-14,20-21,26,28,31,39H,5-6,9,11,15-19,22-24H2,1-4H3,(H,35,40);2*1-2H3;1-2H2/b8-7+,12-10-,25-21-;;;. The number of ether oxygens (including phenoxy) is 1. The molecule has 2 N–H and O–H groups in total. The highest BCUT2D eigenvalue weighted by atomic mass is 32.2. The number of benzene rings is 1. The van der Waals surface area contributed by atoms with Gasteiger partial charge in [0.2, 0.25) is 5.91 Å². The van der Waals surface area contributed by atoms with Crippen molar-refractivity contribution in [1.82, 2.24) is 9.62 Å². The van der Waals surface area contributed by atoms with Gasteiger partial charge in [-0.15, -0.1) is 13.2 Å². The fourth-order valence-electron chi connectivity index (χ4n) is 6.42. The highest BCUT2D eigenvalue weighted by Gasteiger charge is 2.37. The van der Waals surface area contributed by atoms with Crippen LogP contribution in [-0.4, -0.2) is 72.3 Å². The Bertz CT molecular complexity index is 1260. The van der Waals surface area contributed by atoms with E-state index >= 15 is 0 Å². The Morgan fingerprint density at radius 1 is 1.17 bits per heavy atom. The van der Waals surface area contributed by atoms with Gasteiger partial charge in [-0.3, -0.25) is 9.59 Å². The van der Waals surface area contributed by atoms with Crippen LogP contribution in [-0.2, 0) is 4.79 Å². The molecule has 48 heavy (non-hydrogen) atoms. The maximum Gasteiger partial charge on any atom is 0.260 e. The van der Waals surface area contributed by atoms with Crippen LogP contribution in [0.5, 0.6) is 5.75 Å². The smallest absolute Gasteiger partial charge is 0.260 e. The van der Waals surface area contributed by atoms with Gasteiger partial charge in [-0.2, -0.15) is 0 Å². The fraction of sp³-hybridized carbons (Fsp3) is 0.575. The van der Waals surface area contributed by atoms with Gasteiger partial charge in [0, 0.05) is 49.8 Å². The largest absolute Gasteiger partial charge is 0.490 e. The molecule has 5 unspecified atom stereocenters. The molecule has 7 nitrogen and oxygen atoms in total. The van der Waals surface area contributed by atoms with Gasteiger partial charge >= 0.3 is 0 Å². The molecule has 4 rings (SSSR count). The monoisotopic (exact) mass is 683 g/mol. The van der Waals surface area contributed by atoms with Gasteiger partial charge in [0.15, 0.2) is 0 Å². The number of hydrogen-bond donors (Lipinski definition) is 2. The predicted molar refractivity (Wildman–Crippen MR) is 209 cm³/mol. The van der Waals surface area contributed by atoms with Crippen LogP contribution >= 0.6 is 10.7 Å². The molecular formula is C40H65N3O4S. The maximum atomic E-state index is 13.4. The molecule has 270 valence electrons. The number of carbonyl (C=O) groups excluding carboxylic acids is 2. The number of aliphatic hydroxyl groups is 1. The number of nitrogens with zero attached hydrogens (tertiary/aromatic N) is 2. The van der Waals surface area contributed by atoms with Crippen LogP contribution in [0.2, 0.25) is 0 Å². The summed E-state index contributed by atoms with van der Waals surface area (Å²) in [5, 5.41) is 11.3. The first-order valence-electron chi connectivity index (χ1n) is 17.9. The second-order valence-corrected chi connectivity index (χ2v) is 13.9. The summed E-state index contributed by atoms with van der Waals surface area (Å²) in [5.41, 5.74) is 2.50. The minimum atomic E-state index is -0.658. The van der Waals surface area contributed by atoms with Gasteiger partial charge in [-0.25, -0.2) is 0 Å². The van der Waals surface area contributed by atoms with Crippen molar-refractivity contribution in [2.75, 3.05) is 43.4 Å².